The molecule has 8 heteroatoms. The van der Waals surface area contributed by atoms with E-state index in [1.165, 1.54) is 0 Å². The fourth-order valence-electron chi connectivity index (χ4n) is 3.47. The predicted octanol–water partition coefficient (Wildman–Crippen LogP) is 3.93. The molecule has 0 saturated carbocycles. The third kappa shape index (κ3) is 5.08. The van der Waals surface area contributed by atoms with Crippen LogP contribution in [0, 0.1) is 0 Å². The lowest BCUT2D eigenvalue weighted by atomic mass is 10.2. The highest BCUT2D eigenvalue weighted by Crippen LogP contribution is 2.28. The molecule has 0 bridgehead atoms. The van der Waals surface area contributed by atoms with E-state index < -0.39 is 0 Å². The number of amides is 1. The normalized spacial score (nSPS) is 13.5. The summed E-state index contributed by atoms with van der Waals surface area (Å²) in [7, 11) is 3.19. The van der Waals surface area contributed by atoms with Crippen molar-refractivity contribution in [3.05, 3.63) is 53.9 Å². The fraction of sp³-hybridized carbons (Fsp3) is 0.292. The van der Waals surface area contributed by atoms with Crippen LogP contribution >= 0.6 is 0 Å². The molecule has 1 aliphatic rings. The first-order valence-electron chi connectivity index (χ1n) is 10.4. The van der Waals surface area contributed by atoms with Crippen molar-refractivity contribution in [3.63, 3.8) is 0 Å². The number of benzene rings is 2. The number of hydrogen-bond acceptors (Lipinski definition) is 7. The van der Waals surface area contributed by atoms with Crippen LogP contribution in [-0.2, 0) is 4.79 Å². The largest absolute Gasteiger partial charge is 0.493 e. The van der Waals surface area contributed by atoms with Gasteiger partial charge in [-0.25, -0.2) is 0 Å². The molecular weight excluding hydrogens is 410 g/mol. The maximum absolute atomic E-state index is 12.2. The molecule has 8 nitrogen and oxygen atoms in total. The second-order valence-corrected chi connectivity index (χ2v) is 7.31. The van der Waals surface area contributed by atoms with Crippen molar-refractivity contribution in [1.29, 1.82) is 0 Å². The van der Waals surface area contributed by atoms with Gasteiger partial charge in [-0.2, -0.15) is 4.98 Å². The van der Waals surface area contributed by atoms with Gasteiger partial charge in [0.05, 0.1) is 14.2 Å². The zero-order valence-corrected chi connectivity index (χ0v) is 18.1. The number of likely N-dealkylation sites (tertiary alicyclic amines) is 1. The molecule has 0 unspecified atom stereocenters. The smallest absolute Gasteiger partial charge is 0.260 e. The Kier molecular flexibility index (Phi) is 6.69. The summed E-state index contributed by atoms with van der Waals surface area (Å²) in [5.41, 5.74) is 1.64. The van der Waals surface area contributed by atoms with Crippen LogP contribution < -0.4 is 14.2 Å². The van der Waals surface area contributed by atoms with Crippen LogP contribution in [0.15, 0.2) is 47.0 Å². The Hall–Kier alpha value is -3.81. The summed E-state index contributed by atoms with van der Waals surface area (Å²) in [5, 5.41) is 4.05. The summed E-state index contributed by atoms with van der Waals surface area (Å²) >= 11 is 0. The van der Waals surface area contributed by atoms with Gasteiger partial charge in [0.15, 0.2) is 18.1 Å². The lowest BCUT2D eigenvalue weighted by Gasteiger charge is -2.15. The second-order valence-electron chi connectivity index (χ2n) is 7.31. The third-order valence-electron chi connectivity index (χ3n) is 5.18. The molecule has 1 fully saturated rings. The van der Waals surface area contributed by atoms with Crippen LogP contribution in [-0.4, -0.2) is 54.9 Å². The van der Waals surface area contributed by atoms with Crippen LogP contribution in [0.4, 0.5) is 0 Å². The monoisotopic (exact) mass is 435 g/mol. The number of nitrogens with zero attached hydrogens (tertiary/aromatic N) is 3. The van der Waals surface area contributed by atoms with Gasteiger partial charge >= 0.3 is 0 Å². The van der Waals surface area contributed by atoms with E-state index in [-0.39, 0.29) is 12.5 Å². The summed E-state index contributed by atoms with van der Waals surface area (Å²) in [6.45, 7) is 1.64. The minimum Gasteiger partial charge on any atom is -0.493 e. The van der Waals surface area contributed by atoms with Crippen LogP contribution in [0.3, 0.4) is 0 Å². The molecule has 0 radical (unpaired) electrons. The highest BCUT2D eigenvalue weighted by atomic mass is 16.5. The minimum atomic E-state index is 0.00931. The lowest BCUT2D eigenvalue weighted by molar-refractivity contribution is -0.132. The van der Waals surface area contributed by atoms with E-state index in [0.29, 0.717) is 29.0 Å². The molecule has 1 aromatic heterocycles. The van der Waals surface area contributed by atoms with E-state index in [1.807, 2.05) is 41.3 Å². The highest BCUT2D eigenvalue weighted by molar-refractivity contribution is 5.78. The Morgan fingerprint density at radius 1 is 1.06 bits per heavy atom. The Morgan fingerprint density at radius 2 is 1.88 bits per heavy atom. The predicted molar refractivity (Wildman–Crippen MR) is 120 cm³/mol. The molecule has 1 saturated heterocycles. The Balaban J connectivity index is 1.41. The average molecular weight is 435 g/mol. The van der Waals surface area contributed by atoms with Crippen molar-refractivity contribution in [2.45, 2.75) is 12.8 Å². The second kappa shape index (κ2) is 10.00. The van der Waals surface area contributed by atoms with Gasteiger partial charge in [0.25, 0.3) is 11.8 Å². The molecule has 2 heterocycles. The van der Waals surface area contributed by atoms with Crippen LogP contribution in [0.1, 0.15) is 24.3 Å². The average Bonchev–Trinajstić information content (AvgIpc) is 3.54. The SMILES string of the molecule is COc1ccc(/C=C/c2nc(-c3cccc(OCC(=O)N4CCCC4)c3)no2)cc1OC. The Bertz CT molecular complexity index is 1100. The highest BCUT2D eigenvalue weighted by Gasteiger charge is 2.18. The zero-order chi connectivity index (χ0) is 22.3. The molecule has 32 heavy (non-hydrogen) atoms. The van der Waals surface area contributed by atoms with Crippen molar-refractivity contribution < 1.29 is 23.5 Å². The van der Waals surface area contributed by atoms with Gasteiger partial charge < -0.3 is 23.6 Å². The maximum atomic E-state index is 12.2. The molecule has 0 aliphatic carbocycles. The number of methoxy groups -OCH3 is 2. The Morgan fingerprint density at radius 3 is 2.66 bits per heavy atom. The zero-order valence-electron chi connectivity index (χ0n) is 18.1. The quantitative estimate of drug-likeness (QED) is 0.530. The van der Waals surface area contributed by atoms with Gasteiger partial charge in [0.2, 0.25) is 5.82 Å². The minimum absolute atomic E-state index is 0.00931. The molecule has 166 valence electrons. The van der Waals surface area contributed by atoms with E-state index in [2.05, 4.69) is 10.1 Å². The molecular formula is C24H25N3O5. The molecule has 0 N–H and O–H groups in total. The Labute approximate surface area is 186 Å². The fourth-order valence-corrected chi connectivity index (χ4v) is 3.47. The number of carbonyl (C=O) groups excluding carboxylic acids is 1. The van der Waals surface area contributed by atoms with Crippen molar-refractivity contribution in [1.82, 2.24) is 15.0 Å². The summed E-state index contributed by atoms with van der Waals surface area (Å²) in [5.74, 6) is 2.70. The van der Waals surface area contributed by atoms with Gasteiger partial charge in [-0.05, 0) is 48.7 Å². The molecule has 0 spiro atoms. The third-order valence-corrected chi connectivity index (χ3v) is 5.18. The standard InChI is InChI=1S/C24H25N3O5/c1-29-20-10-8-17(14-21(20)30-2)9-11-22-25-24(26-32-22)18-6-5-7-19(15-18)31-16-23(28)27-12-3-4-13-27/h5-11,14-15H,3-4,12-13,16H2,1-2H3/b11-9+. The lowest BCUT2D eigenvalue weighted by Crippen LogP contribution is -2.32. The molecule has 4 rings (SSSR count). The number of aromatic nitrogens is 2. The number of rotatable bonds is 8. The van der Waals surface area contributed by atoms with E-state index in [1.54, 1.807) is 32.4 Å². The van der Waals surface area contributed by atoms with Gasteiger partial charge in [-0.3, -0.25) is 4.79 Å². The van der Waals surface area contributed by atoms with Crippen molar-refractivity contribution in [2.24, 2.45) is 0 Å². The van der Waals surface area contributed by atoms with E-state index in [9.17, 15) is 4.79 Å². The number of ether oxygens (including phenoxy) is 3. The van der Waals surface area contributed by atoms with Crippen molar-refractivity contribution >= 4 is 18.1 Å². The summed E-state index contributed by atoms with van der Waals surface area (Å²) in [4.78, 5) is 18.4. The van der Waals surface area contributed by atoms with Gasteiger partial charge in [-0.15, -0.1) is 0 Å². The van der Waals surface area contributed by atoms with Crippen molar-refractivity contribution in [3.8, 4) is 28.6 Å². The van der Waals surface area contributed by atoms with E-state index in [4.69, 9.17) is 18.7 Å². The van der Waals surface area contributed by atoms with E-state index in [0.717, 1.165) is 37.1 Å². The van der Waals surface area contributed by atoms with Crippen LogP contribution in [0.2, 0.25) is 0 Å². The number of hydrogen-bond donors (Lipinski definition) is 0. The molecule has 1 amide bonds. The van der Waals surface area contributed by atoms with Crippen LogP contribution in [0.5, 0.6) is 17.2 Å². The van der Waals surface area contributed by atoms with Gasteiger partial charge in [-0.1, -0.05) is 23.4 Å². The van der Waals surface area contributed by atoms with Crippen molar-refractivity contribution in [2.75, 3.05) is 33.9 Å². The first-order valence-corrected chi connectivity index (χ1v) is 10.4. The molecule has 2 aromatic carbocycles. The summed E-state index contributed by atoms with van der Waals surface area (Å²) < 4.78 is 21.6. The molecule has 1 aliphatic heterocycles. The van der Waals surface area contributed by atoms with E-state index >= 15 is 0 Å². The first-order chi connectivity index (χ1) is 15.7. The first kappa shape index (κ1) is 21.4. The topological polar surface area (TPSA) is 86.9 Å². The maximum Gasteiger partial charge on any atom is 0.260 e. The summed E-state index contributed by atoms with van der Waals surface area (Å²) in [6, 6.07) is 12.9. The van der Waals surface area contributed by atoms with Crippen LogP contribution in [0.25, 0.3) is 23.5 Å². The molecule has 0 atom stereocenters. The molecule has 3 aromatic rings. The number of carbonyl (C=O) groups is 1. The van der Waals surface area contributed by atoms with Gasteiger partial charge in [0.1, 0.15) is 5.75 Å². The summed E-state index contributed by atoms with van der Waals surface area (Å²) in [6.07, 6.45) is 5.69. The van der Waals surface area contributed by atoms with Gasteiger partial charge in [0, 0.05) is 24.7 Å².